The molecule has 5 rings (SSSR count). The quantitative estimate of drug-likeness (QED) is 0.615. The molecule has 0 aliphatic carbocycles. The van der Waals surface area contributed by atoms with E-state index in [0.717, 1.165) is 47.6 Å². The Bertz CT molecular complexity index is 1040. The topological polar surface area (TPSA) is 75.5 Å². The van der Waals surface area contributed by atoms with Crippen molar-refractivity contribution < 1.29 is 0 Å². The maximum absolute atomic E-state index is 4.54. The monoisotopic (exact) mass is 345 g/mol. The van der Waals surface area contributed by atoms with Gasteiger partial charge in [0.05, 0.1) is 17.6 Å². The maximum Gasteiger partial charge on any atom is 0.143 e. The minimum absolute atomic E-state index is 0.314. The van der Waals surface area contributed by atoms with Crippen molar-refractivity contribution in [1.82, 2.24) is 29.9 Å². The molecule has 7 nitrogen and oxygen atoms in total. The summed E-state index contributed by atoms with van der Waals surface area (Å²) in [4.78, 5) is 14.4. The summed E-state index contributed by atoms with van der Waals surface area (Å²) in [7, 11) is 0. The van der Waals surface area contributed by atoms with Crippen molar-refractivity contribution in [3.05, 3.63) is 54.6 Å². The summed E-state index contributed by atoms with van der Waals surface area (Å²) in [6.07, 6.45) is 6.65. The minimum Gasteiger partial charge on any atom is -0.352 e. The summed E-state index contributed by atoms with van der Waals surface area (Å²) >= 11 is 0. The highest BCUT2D eigenvalue weighted by molar-refractivity contribution is 5.91. The fourth-order valence-electron chi connectivity index (χ4n) is 3.52. The predicted octanol–water partition coefficient (Wildman–Crippen LogP) is 2.84. The van der Waals surface area contributed by atoms with E-state index < -0.39 is 0 Å². The standard InChI is InChI=1S/C19H19N7/c1-2-13-8-20-18-17(13)19(22-12-21-18)25-9-15(10-25)26-11-16(23-24-26)14-6-4-3-5-7-14/h3-8,11-12,15H,2,9-10H2,1H3,(H,20,21,22). The van der Waals surface area contributed by atoms with E-state index in [1.54, 1.807) is 6.33 Å². The summed E-state index contributed by atoms with van der Waals surface area (Å²) in [6.45, 7) is 3.90. The Labute approximate surface area is 150 Å². The molecule has 3 aromatic heterocycles. The lowest BCUT2D eigenvalue weighted by atomic mass is 10.1. The predicted molar refractivity (Wildman–Crippen MR) is 100.0 cm³/mol. The van der Waals surface area contributed by atoms with Crippen LogP contribution in [0.5, 0.6) is 0 Å². The first-order valence-electron chi connectivity index (χ1n) is 8.86. The molecule has 26 heavy (non-hydrogen) atoms. The first kappa shape index (κ1) is 15.1. The van der Waals surface area contributed by atoms with Crippen LogP contribution in [0.4, 0.5) is 5.82 Å². The van der Waals surface area contributed by atoms with Crippen LogP contribution < -0.4 is 4.90 Å². The summed E-state index contributed by atoms with van der Waals surface area (Å²) in [5.41, 5.74) is 4.16. The number of nitrogens with one attached hydrogen (secondary N) is 1. The van der Waals surface area contributed by atoms with Crippen LogP contribution in [-0.2, 0) is 6.42 Å². The number of aromatic amines is 1. The molecule has 130 valence electrons. The number of benzene rings is 1. The van der Waals surface area contributed by atoms with Gasteiger partial charge in [0.2, 0.25) is 0 Å². The van der Waals surface area contributed by atoms with Gasteiger partial charge < -0.3 is 9.88 Å². The minimum atomic E-state index is 0.314. The molecule has 0 bridgehead atoms. The van der Waals surface area contributed by atoms with E-state index in [2.05, 4.69) is 49.2 Å². The van der Waals surface area contributed by atoms with Crippen molar-refractivity contribution in [2.75, 3.05) is 18.0 Å². The molecular formula is C19H19N7. The molecular weight excluding hydrogens is 326 g/mol. The molecule has 1 saturated heterocycles. The van der Waals surface area contributed by atoms with Gasteiger partial charge >= 0.3 is 0 Å². The van der Waals surface area contributed by atoms with Gasteiger partial charge in [-0.2, -0.15) is 0 Å². The second-order valence-corrected chi connectivity index (χ2v) is 6.60. The van der Waals surface area contributed by atoms with E-state index in [-0.39, 0.29) is 0 Å². The number of aromatic nitrogens is 6. The van der Waals surface area contributed by atoms with Gasteiger partial charge in [-0.15, -0.1) is 5.10 Å². The normalized spacial score (nSPS) is 14.7. The molecule has 0 saturated carbocycles. The van der Waals surface area contributed by atoms with Crippen molar-refractivity contribution >= 4 is 16.9 Å². The Hall–Kier alpha value is -3.22. The molecule has 0 radical (unpaired) electrons. The van der Waals surface area contributed by atoms with Gasteiger partial charge in [-0.05, 0) is 12.0 Å². The van der Waals surface area contributed by atoms with Crippen LogP contribution in [0, 0.1) is 0 Å². The third-order valence-corrected chi connectivity index (χ3v) is 5.03. The molecule has 0 unspecified atom stereocenters. The number of rotatable bonds is 4. The van der Waals surface area contributed by atoms with E-state index in [1.807, 2.05) is 35.3 Å². The molecule has 1 aliphatic heterocycles. The average molecular weight is 345 g/mol. The first-order valence-corrected chi connectivity index (χ1v) is 8.86. The molecule has 0 spiro atoms. The fraction of sp³-hybridized carbons (Fsp3) is 0.263. The van der Waals surface area contributed by atoms with Gasteiger partial charge in [0.15, 0.2) is 0 Å². The molecule has 0 atom stereocenters. The summed E-state index contributed by atoms with van der Waals surface area (Å²) < 4.78 is 1.97. The summed E-state index contributed by atoms with van der Waals surface area (Å²) in [6, 6.07) is 10.5. The van der Waals surface area contributed by atoms with E-state index >= 15 is 0 Å². The van der Waals surface area contributed by atoms with Crippen LogP contribution in [-0.4, -0.2) is 43.0 Å². The van der Waals surface area contributed by atoms with Crippen LogP contribution in [0.3, 0.4) is 0 Å². The molecule has 7 heteroatoms. The SMILES string of the molecule is CCc1c[nH]c2ncnc(N3CC(n4cc(-c5ccccc5)nn4)C3)c12. The second kappa shape index (κ2) is 5.94. The highest BCUT2D eigenvalue weighted by atomic mass is 15.5. The fourth-order valence-corrected chi connectivity index (χ4v) is 3.52. The zero-order valence-corrected chi connectivity index (χ0v) is 14.5. The van der Waals surface area contributed by atoms with E-state index in [9.17, 15) is 0 Å². The summed E-state index contributed by atoms with van der Waals surface area (Å²) in [5.74, 6) is 1.01. The van der Waals surface area contributed by atoms with Crippen molar-refractivity contribution in [2.24, 2.45) is 0 Å². The number of hydrogen-bond acceptors (Lipinski definition) is 5. The Morgan fingerprint density at radius 2 is 2.00 bits per heavy atom. The Morgan fingerprint density at radius 1 is 1.15 bits per heavy atom. The molecule has 1 aliphatic rings. The van der Waals surface area contributed by atoms with Crippen molar-refractivity contribution in [3.8, 4) is 11.3 Å². The lowest BCUT2D eigenvalue weighted by Crippen LogP contribution is -2.48. The largest absolute Gasteiger partial charge is 0.352 e. The van der Waals surface area contributed by atoms with Crippen LogP contribution in [0.25, 0.3) is 22.3 Å². The van der Waals surface area contributed by atoms with Crippen LogP contribution >= 0.6 is 0 Å². The number of H-pyrrole nitrogens is 1. The third kappa shape index (κ3) is 2.35. The van der Waals surface area contributed by atoms with Gasteiger partial charge in [-0.25, -0.2) is 14.6 Å². The molecule has 4 aromatic rings. The number of fused-ring (bicyclic) bond motifs is 1. The van der Waals surface area contributed by atoms with E-state index in [0.29, 0.717) is 6.04 Å². The molecule has 1 fully saturated rings. The van der Waals surface area contributed by atoms with Crippen LogP contribution in [0.1, 0.15) is 18.5 Å². The van der Waals surface area contributed by atoms with Crippen molar-refractivity contribution in [2.45, 2.75) is 19.4 Å². The van der Waals surface area contributed by atoms with Gasteiger partial charge in [-0.3, -0.25) is 0 Å². The Kier molecular flexibility index (Phi) is 3.44. The van der Waals surface area contributed by atoms with Crippen molar-refractivity contribution in [1.29, 1.82) is 0 Å². The Balaban J connectivity index is 1.37. The lowest BCUT2D eigenvalue weighted by molar-refractivity contribution is 0.359. The smallest absolute Gasteiger partial charge is 0.143 e. The van der Waals surface area contributed by atoms with Gasteiger partial charge in [0.1, 0.15) is 23.5 Å². The van der Waals surface area contributed by atoms with Gasteiger partial charge in [-0.1, -0.05) is 42.5 Å². The number of nitrogens with zero attached hydrogens (tertiary/aromatic N) is 6. The van der Waals surface area contributed by atoms with E-state index in [1.165, 1.54) is 5.56 Å². The first-order chi connectivity index (χ1) is 12.8. The zero-order valence-electron chi connectivity index (χ0n) is 14.5. The van der Waals surface area contributed by atoms with Gasteiger partial charge in [0, 0.05) is 24.8 Å². The second-order valence-electron chi connectivity index (χ2n) is 6.60. The highest BCUT2D eigenvalue weighted by Crippen LogP contribution is 2.33. The van der Waals surface area contributed by atoms with Gasteiger partial charge in [0.25, 0.3) is 0 Å². The summed E-state index contributed by atoms with van der Waals surface area (Å²) in [5, 5.41) is 9.79. The molecule has 4 heterocycles. The highest BCUT2D eigenvalue weighted by Gasteiger charge is 2.32. The number of anilines is 1. The number of aryl methyl sites for hydroxylation is 1. The Morgan fingerprint density at radius 3 is 2.81 bits per heavy atom. The lowest BCUT2D eigenvalue weighted by Gasteiger charge is -2.40. The molecule has 0 amide bonds. The maximum atomic E-state index is 4.54. The number of hydrogen-bond donors (Lipinski definition) is 1. The van der Waals surface area contributed by atoms with Crippen LogP contribution in [0.2, 0.25) is 0 Å². The molecule has 1 aromatic carbocycles. The molecule has 1 N–H and O–H groups in total. The third-order valence-electron chi connectivity index (χ3n) is 5.03. The average Bonchev–Trinajstić information content (AvgIpc) is 3.28. The van der Waals surface area contributed by atoms with Crippen molar-refractivity contribution in [3.63, 3.8) is 0 Å². The van der Waals surface area contributed by atoms with E-state index in [4.69, 9.17) is 0 Å². The zero-order chi connectivity index (χ0) is 17.5. The van der Waals surface area contributed by atoms with Crippen LogP contribution in [0.15, 0.2) is 49.1 Å².